The lowest BCUT2D eigenvalue weighted by atomic mass is 10.1. The molecule has 0 radical (unpaired) electrons. The highest BCUT2D eigenvalue weighted by Gasteiger charge is 2.23. The van der Waals surface area contributed by atoms with Gasteiger partial charge in [-0.15, -0.1) is 0 Å². The van der Waals surface area contributed by atoms with Crippen molar-refractivity contribution in [3.05, 3.63) is 58.6 Å². The molecule has 2 aromatic carbocycles. The van der Waals surface area contributed by atoms with Crippen LogP contribution < -0.4 is 14.8 Å². The predicted molar refractivity (Wildman–Crippen MR) is 84.1 cm³/mol. The molecule has 3 nitrogen and oxygen atoms in total. The lowest BCUT2D eigenvalue weighted by molar-refractivity contribution is 0.297. The van der Waals surface area contributed by atoms with Crippen LogP contribution in [0.15, 0.2) is 42.5 Å². The number of rotatable bonds is 5. The Labute approximate surface area is 129 Å². The molecule has 2 aromatic rings. The fourth-order valence-corrected chi connectivity index (χ4v) is 2.70. The fourth-order valence-electron chi connectivity index (χ4n) is 2.49. The van der Waals surface area contributed by atoms with Crippen molar-refractivity contribution in [2.75, 3.05) is 13.2 Å². The maximum Gasteiger partial charge on any atom is 0.128 e. The summed E-state index contributed by atoms with van der Waals surface area (Å²) in [5, 5.41) is 4.13. The molecule has 0 fully saturated rings. The molecule has 0 aliphatic carbocycles. The van der Waals surface area contributed by atoms with E-state index >= 15 is 0 Å². The molecule has 1 atom stereocenters. The first kappa shape index (κ1) is 14.2. The Hall–Kier alpha value is -1.71. The summed E-state index contributed by atoms with van der Waals surface area (Å²) in [5.74, 6) is 1.72. The van der Waals surface area contributed by atoms with E-state index in [9.17, 15) is 0 Å². The standard InChI is InChI=1S/C17H18ClNO2/c1-2-19-16-11-21-17-9-14(6-7-15(16)17)20-10-12-4-3-5-13(18)8-12/h3-9,16,19H,2,10-11H2,1H3. The van der Waals surface area contributed by atoms with E-state index in [1.165, 1.54) is 5.56 Å². The van der Waals surface area contributed by atoms with Crippen molar-refractivity contribution in [3.8, 4) is 11.5 Å². The van der Waals surface area contributed by atoms with Crippen LogP contribution >= 0.6 is 11.6 Å². The molecule has 0 amide bonds. The second-order valence-electron chi connectivity index (χ2n) is 5.04. The normalized spacial score (nSPS) is 16.4. The Morgan fingerprint density at radius 2 is 2.19 bits per heavy atom. The topological polar surface area (TPSA) is 30.5 Å². The van der Waals surface area contributed by atoms with Crippen molar-refractivity contribution in [2.45, 2.75) is 19.6 Å². The van der Waals surface area contributed by atoms with Gasteiger partial charge in [-0.05, 0) is 36.4 Å². The number of nitrogens with one attached hydrogen (secondary N) is 1. The lowest BCUT2D eigenvalue weighted by Gasteiger charge is -2.10. The van der Waals surface area contributed by atoms with Crippen LogP contribution in [0.25, 0.3) is 0 Å². The Bertz CT molecular complexity index is 630. The monoisotopic (exact) mass is 303 g/mol. The van der Waals surface area contributed by atoms with Gasteiger partial charge < -0.3 is 14.8 Å². The SMILES string of the molecule is CCNC1COc2cc(OCc3cccc(Cl)c3)ccc21. The first-order chi connectivity index (χ1) is 10.3. The summed E-state index contributed by atoms with van der Waals surface area (Å²) < 4.78 is 11.5. The van der Waals surface area contributed by atoms with Crippen molar-refractivity contribution in [2.24, 2.45) is 0 Å². The summed E-state index contributed by atoms with van der Waals surface area (Å²) in [6.07, 6.45) is 0. The van der Waals surface area contributed by atoms with Crippen molar-refractivity contribution in [1.29, 1.82) is 0 Å². The molecule has 0 aromatic heterocycles. The number of fused-ring (bicyclic) bond motifs is 1. The number of hydrogen-bond donors (Lipinski definition) is 1. The highest BCUT2D eigenvalue weighted by atomic mass is 35.5. The molecular formula is C17H18ClNO2. The van der Waals surface area contributed by atoms with Crippen molar-refractivity contribution in [1.82, 2.24) is 5.32 Å². The quantitative estimate of drug-likeness (QED) is 0.907. The van der Waals surface area contributed by atoms with Gasteiger partial charge in [0.1, 0.15) is 24.7 Å². The number of likely N-dealkylation sites (N-methyl/N-ethyl adjacent to an activating group) is 1. The maximum atomic E-state index is 5.97. The summed E-state index contributed by atoms with van der Waals surface area (Å²) in [5.41, 5.74) is 2.25. The van der Waals surface area contributed by atoms with Gasteiger partial charge in [-0.25, -0.2) is 0 Å². The molecular weight excluding hydrogens is 286 g/mol. The fraction of sp³-hybridized carbons (Fsp3) is 0.294. The highest BCUT2D eigenvalue weighted by molar-refractivity contribution is 6.30. The molecule has 21 heavy (non-hydrogen) atoms. The summed E-state index contributed by atoms with van der Waals surface area (Å²) in [6.45, 7) is 4.21. The molecule has 4 heteroatoms. The van der Waals surface area contributed by atoms with E-state index in [0.29, 0.717) is 13.2 Å². The molecule has 0 saturated carbocycles. The van der Waals surface area contributed by atoms with E-state index in [-0.39, 0.29) is 6.04 Å². The van der Waals surface area contributed by atoms with Crippen molar-refractivity contribution < 1.29 is 9.47 Å². The Balaban J connectivity index is 1.68. The van der Waals surface area contributed by atoms with Gasteiger partial charge in [0, 0.05) is 16.7 Å². The minimum absolute atomic E-state index is 0.284. The van der Waals surface area contributed by atoms with Crippen LogP contribution in [0.2, 0.25) is 5.02 Å². The smallest absolute Gasteiger partial charge is 0.128 e. The third kappa shape index (κ3) is 3.31. The van der Waals surface area contributed by atoms with Gasteiger partial charge >= 0.3 is 0 Å². The third-order valence-corrected chi connectivity index (χ3v) is 3.75. The van der Waals surface area contributed by atoms with Crippen LogP contribution in [0.1, 0.15) is 24.1 Å². The molecule has 1 unspecified atom stereocenters. The van der Waals surface area contributed by atoms with E-state index in [1.807, 2.05) is 36.4 Å². The zero-order chi connectivity index (χ0) is 14.7. The van der Waals surface area contributed by atoms with Crippen LogP contribution in [0.5, 0.6) is 11.5 Å². The van der Waals surface area contributed by atoms with Gasteiger partial charge in [0.25, 0.3) is 0 Å². The van der Waals surface area contributed by atoms with Crippen LogP contribution in [-0.2, 0) is 6.61 Å². The zero-order valence-electron chi connectivity index (χ0n) is 11.9. The van der Waals surface area contributed by atoms with E-state index in [2.05, 4.69) is 18.3 Å². The first-order valence-corrected chi connectivity index (χ1v) is 7.51. The lowest BCUT2D eigenvalue weighted by Crippen LogP contribution is -2.21. The number of halogens is 1. The Morgan fingerprint density at radius 1 is 1.29 bits per heavy atom. The molecule has 1 N–H and O–H groups in total. The van der Waals surface area contributed by atoms with Gasteiger partial charge in [-0.3, -0.25) is 0 Å². The van der Waals surface area contributed by atoms with Gasteiger partial charge in [-0.2, -0.15) is 0 Å². The predicted octanol–water partition coefficient (Wildman–Crippen LogP) is 3.96. The third-order valence-electron chi connectivity index (χ3n) is 3.51. The minimum atomic E-state index is 0.284. The van der Waals surface area contributed by atoms with Gasteiger partial charge in [0.05, 0.1) is 6.04 Å². The minimum Gasteiger partial charge on any atom is -0.491 e. The average Bonchev–Trinajstić information content (AvgIpc) is 2.88. The van der Waals surface area contributed by atoms with Crippen molar-refractivity contribution >= 4 is 11.6 Å². The number of hydrogen-bond acceptors (Lipinski definition) is 3. The Kier molecular flexibility index (Phi) is 4.32. The Morgan fingerprint density at radius 3 is 3.00 bits per heavy atom. The summed E-state index contributed by atoms with van der Waals surface area (Å²) in [4.78, 5) is 0. The maximum absolute atomic E-state index is 5.97. The van der Waals surface area contributed by atoms with E-state index in [0.717, 1.165) is 28.6 Å². The molecule has 0 saturated heterocycles. The number of benzene rings is 2. The van der Waals surface area contributed by atoms with Crippen LogP contribution in [0.3, 0.4) is 0 Å². The second-order valence-corrected chi connectivity index (χ2v) is 5.48. The molecule has 3 rings (SSSR count). The highest BCUT2D eigenvalue weighted by Crippen LogP contribution is 2.35. The molecule has 0 bridgehead atoms. The molecule has 1 aliphatic rings. The first-order valence-electron chi connectivity index (χ1n) is 7.13. The average molecular weight is 304 g/mol. The van der Waals surface area contributed by atoms with E-state index in [4.69, 9.17) is 21.1 Å². The van der Waals surface area contributed by atoms with Crippen LogP contribution in [0, 0.1) is 0 Å². The largest absolute Gasteiger partial charge is 0.491 e. The van der Waals surface area contributed by atoms with E-state index < -0.39 is 0 Å². The van der Waals surface area contributed by atoms with Gasteiger partial charge in [-0.1, -0.05) is 30.7 Å². The zero-order valence-corrected chi connectivity index (χ0v) is 12.7. The van der Waals surface area contributed by atoms with Gasteiger partial charge in [0.15, 0.2) is 0 Å². The summed E-state index contributed by atoms with van der Waals surface area (Å²) in [6, 6.07) is 14.0. The van der Waals surface area contributed by atoms with Crippen molar-refractivity contribution in [3.63, 3.8) is 0 Å². The summed E-state index contributed by atoms with van der Waals surface area (Å²) >= 11 is 5.97. The molecule has 0 spiro atoms. The second kappa shape index (κ2) is 6.37. The molecule has 1 aliphatic heterocycles. The van der Waals surface area contributed by atoms with Crippen LogP contribution in [0.4, 0.5) is 0 Å². The molecule has 1 heterocycles. The van der Waals surface area contributed by atoms with Crippen LogP contribution in [-0.4, -0.2) is 13.2 Å². The summed E-state index contributed by atoms with van der Waals surface area (Å²) in [7, 11) is 0. The molecule has 110 valence electrons. The van der Waals surface area contributed by atoms with Gasteiger partial charge in [0.2, 0.25) is 0 Å². The van der Waals surface area contributed by atoms with E-state index in [1.54, 1.807) is 0 Å². The number of ether oxygens (including phenoxy) is 2.